The molecule has 0 radical (unpaired) electrons. The van der Waals surface area contributed by atoms with Gasteiger partial charge in [-0.15, -0.1) is 0 Å². The first-order chi connectivity index (χ1) is 14.8. The van der Waals surface area contributed by atoms with Gasteiger partial charge in [-0.25, -0.2) is 9.36 Å². The number of carbonyl (C=O) groups is 1. The van der Waals surface area contributed by atoms with Gasteiger partial charge in [-0.3, -0.25) is 14.6 Å². The van der Waals surface area contributed by atoms with Gasteiger partial charge in [0.25, 0.3) is 11.5 Å². The molecule has 31 heavy (non-hydrogen) atoms. The van der Waals surface area contributed by atoms with Crippen molar-refractivity contribution in [2.24, 2.45) is 5.10 Å². The van der Waals surface area contributed by atoms with Gasteiger partial charge in [0.05, 0.1) is 22.7 Å². The summed E-state index contributed by atoms with van der Waals surface area (Å²) in [6.45, 7) is 3.38. The third-order valence-electron chi connectivity index (χ3n) is 4.88. The molecule has 156 valence electrons. The number of benzene rings is 2. The highest BCUT2D eigenvalue weighted by Crippen LogP contribution is 2.28. The predicted octanol–water partition coefficient (Wildman–Crippen LogP) is 3.00. The minimum atomic E-state index is -0.818. The van der Waals surface area contributed by atoms with Crippen LogP contribution >= 0.6 is 11.6 Å². The lowest BCUT2D eigenvalue weighted by atomic mass is 10.1. The van der Waals surface area contributed by atoms with Crippen LogP contribution in [0.3, 0.4) is 0 Å². The number of aromatic hydroxyl groups is 1. The van der Waals surface area contributed by atoms with Gasteiger partial charge < -0.3 is 5.11 Å². The summed E-state index contributed by atoms with van der Waals surface area (Å²) >= 11 is 6.01. The number of aryl methyl sites for hydroxylation is 1. The highest BCUT2D eigenvalue weighted by atomic mass is 35.5. The van der Waals surface area contributed by atoms with E-state index in [9.17, 15) is 19.5 Å². The zero-order valence-corrected chi connectivity index (χ0v) is 17.3. The number of rotatable bonds is 3. The van der Waals surface area contributed by atoms with E-state index in [4.69, 9.17) is 11.6 Å². The van der Waals surface area contributed by atoms with E-state index >= 15 is 0 Å². The molecule has 0 aliphatic carbocycles. The molecule has 2 heterocycles. The van der Waals surface area contributed by atoms with Crippen molar-refractivity contribution in [2.75, 3.05) is 5.01 Å². The Bertz CT molecular complexity index is 1400. The average Bonchev–Trinajstić information content (AvgIpc) is 3.00. The number of para-hydroxylation sites is 1. The molecule has 3 aromatic rings. The first-order valence-electron chi connectivity index (χ1n) is 9.29. The second kappa shape index (κ2) is 7.73. The van der Waals surface area contributed by atoms with Gasteiger partial charge in [-0.1, -0.05) is 35.9 Å². The molecule has 1 aliphatic rings. The lowest BCUT2D eigenvalue weighted by molar-refractivity contribution is -0.114. The Labute approximate surface area is 181 Å². The second-order valence-electron chi connectivity index (χ2n) is 6.96. The fourth-order valence-electron chi connectivity index (χ4n) is 3.32. The summed E-state index contributed by atoms with van der Waals surface area (Å²) in [5.41, 5.74) is 0.200. The molecule has 0 atom stereocenters. The normalized spacial score (nSPS) is 14.9. The summed E-state index contributed by atoms with van der Waals surface area (Å²) in [5.74, 6) is -1.07. The summed E-state index contributed by atoms with van der Waals surface area (Å²) in [5, 5.41) is 16.6. The topological polar surface area (TPSA) is 108 Å². The largest absolute Gasteiger partial charge is 0.494 e. The van der Waals surface area contributed by atoms with Gasteiger partial charge >= 0.3 is 5.69 Å². The van der Waals surface area contributed by atoms with E-state index in [1.807, 2.05) is 0 Å². The zero-order chi connectivity index (χ0) is 22.3. The van der Waals surface area contributed by atoms with Crippen LogP contribution in [0.4, 0.5) is 5.69 Å². The number of nitrogens with zero attached hydrogens (tertiary/aromatic N) is 3. The van der Waals surface area contributed by atoms with Gasteiger partial charge in [-0.05, 0) is 49.8 Å². The van der Waals surface area contributed by atoms with Crippen molar-refractivity contribution in [3.63, 3.8) is 0 Å². The Hall–Kier alpha value is -3.91. The Kier molecular flexibility index (Phi) is 5.08. The Morgan fingerprint density at radius 1 is 1.06 bits per heavy atom. The molecule has 0 saturated carbocycles. The van der Waals surface area contributed by atoms with Crippen LogP contribution in [0.2, 0.25) is 5.02 Å². The maximum atomic E-state index is 13.0. The summed E-state index contributed by atoms with van der Waals surface area (Å²) in [7, 11) is 0. The molecular weight excluding hydrogens is 420 g/mol. The lowest BCUT2D eigenvalue weighted by Crippen LogP contribution is -2.31. The summed E-state index contributed by atoms with van der Waals surface area (Å²) in [4.78, 5) is 40.0. The van der Waals surface area contributed by atoms with Crippen LogP contribution in [0.15, 0.2) is 68.8 Å². The number of hydrogen-bond donors (Lipinski definition) is 2. The average molecular weight is 437 g/mol. The van der Waals surface area contributed by atoms with Crippen molar-refractivity contribution < 1.29 is 9.90 Å². The Morgan fingerprint density at radius 2 is 1.81 bits per heavy atom. The molecular formula is C22H17ClN4O4. The number of hydrogen-bond acceptors (Lipinski definition) is 5. The standard InChI is InChI=1S/C22H17ClN4O4/c1-12-6-3-4-9-18(12)26-20(29)17(19(28)24-22(26)31)11-16-13(2)25-27(21(16)30)15-8-5-7-14(23)10-15/h3-11,29H,1-2H3,(H,24,28,31)/b16-11+. The van der Waals surface area contributed by atoms with Crippen LogP contribution < -0.4 is 16.3 Å². The maximum Gasteiger partial charge on any atom is 0.335 e. The fourth-order valence-corrected chi connectivity index (χ4v) is 3.50. The number of anilines is 1. The molecule has 1 aliphatic heterocycles. The molecule has 0 bridgehead atoms. The van der Waals surface area contributed by atoms with E-state index in [1.54, 1.807) is 62.4 Å². The molecule has 2 N–H and O–H groups in total. The number of H-pyrrole nitrogens is 1. The van der Waals surface area contributed by atoms with Gasteiger partial charge in [0.2, 0.25) is 5.88 Å². The number of carbonyl (C=O) groups excluding carboxylic acids is 1. The molecule has 0 unspecified atom stereocenters. The highest BCUT2D eigenvalue weighted by Gasteiger charge is 2.30. The van der Waals surface area contributed by atoms with Crippen molar-refractivity contribution >= 4 is 35.0 Å². The Balaban J connectivity index is 1.85. The van der Waals surface area contributed by atoms with Gasteiger partial charge in [-0.2, -0.15) is 10.1 Å². The maximum absolute atomic E-state index is 13.0. The smallest absolute Gasteiger partial charge is 0.335 e. The lowest BCUT2D eigenvalue weighted by Gasteiger charge is -2.13. The number of nitrogens with one attached hydrogen (secondary N) is 1. The molecule has 0 fully saturated rings. The molecule has 0 spiro atoms. The molecule has 4 rings (SSSR count). The third kappa shape index (κ3) is 3.57. The minimum absolute atomic E-state index is 0.107. The van der Waals surface area contributed by atoms with E-state index in [2.05, 4.69) is 10.1 Å². The highest BCUT2D eigenvalue weighted by molar-refractivity contribution is 6.33. The van der Waals surface area contributed by atoms with Crippen LogP contribution in [-0.2, 0) is 4.79 Å². The van der Waals surface area contributed by atoms with Gasteiger partial charge in [0.1, 0.15) is 5.56 Å². The monoisotopic (exact) mass is 436 g/mol. The van der Waals surface area contributed by atoms with Crippen LogP contribution in [0.5, 0.6) is 5.88 Å². The molecule has 0 saturated heterocycles. The number of hydrazone groups is 1. The van der Waals surface area contributed by atoms with E-state index < -0.39 is 23.0 Å². The van der Waals surface area contributed by atoms with E-state index in [0.717, 1.165) is 9.58 Å². The summed E-state index contributed by atoms with van der Waals surface area (Å²) in [6.07, 6.45) is 1.23. The van der Waals surface area contributed by atoms with Crippen LogP contribution in [0.25, 0.3) is 11.8 Å². The van der Waals surface area contributed by atoms with Crippen molar-refractivity contribution in [1.29, 1.82) is 0 Å². The van der Waals surface area contributed by atoms with Crippen LogP contribution in [0, 0.1) is 6.92 Å². The van der Waals surface area contributed by atoms with Gasteiger partial charge in [0, 0.05) is 5.02 Å². The number of aromatic nitrogens is 2. The summed E-state index contributed by atoms with van der Waals surface area (Å²) < 4.78 is 0.990. The molecule has 8 nitrogen and oxygen atoms in total. The summed E-state index contributed by atoms with van der Waals surface area (Å²) in [6, 6.07) is 13.5. The van der Waals surface area contributed by atoms with E-state index in [-0.39, 0.29) is 11.1 Å². The second-order valence-corrected chi connectivity index (χ2v) is 7.40. The Morgan fingerprint density at radius 3 is 2.52 bits per heavy atom. The number of halogens is 1. The van der Waals surface area contributed by atoms with Crippen molar-refractivity contribution in [3.8, 4) is 11.6 Å². The van der Waals surface area contributed by atoms with Crippen LogP contribution in [0.1, 0.15) is 18.1 Å². The first-order valence-corrected chi connectivity index (χ1v) is 9.67. The van der Waals surface area contributed by atoms with Gasteiger partial charge in [0.15, 0.2) is 0 Å². The van der Waals surface area contributed by atoms with Crippen molar-refractivity contribution in [3.05, 3.63) is 91.1 Å². The first kappa shape index (κ1) is 20.4. The third-order valence-corrected chi connectivity index (χ3v) is 5.12. The van der Waals surface area contributed by atoms with Crippen molar-refractivity contribution in [1.82, 2.24) is 9.55 Å². The molecule has 9 heteroatoms. The zero-order valence-electron chi connectivity index (χ0n) is 16.6. The number of amides is 1. The fraction of sp³-hybridized carbons (Fsp3) is 0.0909. The molecule has 2 aromatic carbocycles. The SMILES string of the molecule is CC1=NN(c2cccc(Cl)c2)C(=O)/C1=C/c1c(O)n(-c2ccccc2C)c(=O)[nH]c1=O. The molecule has 1 aromatic heterocycles. The van der Waals surface area contributed by atoms with E-state index in [0.29, 0.717) is 27.7 Å². The minimum Gasteiger partial charge on any atom is -0.494 e. The quantitative estimate of drug-likeness (QED) is 0.615. The number of aromatic amines is 1. The predicted molar refractivity (Wildman–Crippen MR) is 119 cm³/mol. The van der Waals surface area contributed by atoms with Crippen molar-refractivity contribution in [2.45, 2.75) is 13.8 Å². The molecule has 1 amide bonds. The van der Waals surface area contributed by atoms with E-state index in [1.165, 1.54) is 6.08 Å². The van der Waals surface area contributed by atoms with Crippen LogP contribution in [-0.4, -0.2) is 26.3 Å².